The quantitative estimate of drug-likeness (QED) is 0.878. The molecule has 0 radical (unpaired) electrons. The molecule has 1 unspecified atom stereocenters. The number of hydrogen-bond acceptors (Lipinski definition) is 3. The van der Waals surface area contributed by atoms with Gasteiger partial charge in [-0.15, -0.1) is 0 Å². The Morgan fingerprint density at radius 3 is 2.45 bits per heavy atom. The van der Waals surface area contributed by atoms with Crippen molar-refractivity contribution in [1.82, 2.24) is 9.78 Å². The molecule has 0 aliphatic heterocycles. The van der Waals surface area contributed by atoms with E-state index in [1.54, 1.807) is 0 Å². The maximum atomic E-state index is 12.2. The SMILES string of the molecule is CCc1nn(CC)c(CC(=O)CC(N)C(C)(C)C)c1Cl. The fourth-order valence-corrected chi connectivity index (χ4v) is 2.33. The molecule has 1 atom stereocenters. The van der Waals surface area contributed by atoms with E-state index in [0.717, 1.165) is 17.8 Å². The van der Waals surface area contributed by atoms with E-state index in [0.29, 0.717) is 24.4 Å². The maximum Gasteiger partial charge on any atom is 0.140 e. The summed E-state index contributed by atoms with van der Waals surface area (Å²) in [6.07, 6.45) is 1.45. The molecule has 1 aromatic heterocycles. The number of nitrogens with zero attached hydrogens (tertiary/aromatic N) is 2. The highest BCUT2D eigenvalue weighted by atomic mass is 35.5. The van der Waals surface area contributed by atoms with Crippen molar-refractivity contribution in [3.05, 3.63) is 16.4 Å². The lowest BCUT2D eigenvalue weighted by molar-refractivity contribution is -0.119. The lowest BCUT2D eigenvalue weighted by Gasteiger charge is -2.26. The minimum Gasteiger partial charge on any atom is -0.327 e. The van der Waals surface area contributed by atoms with Crippen LogP contribution in [0.3, 0.4) is 0 Å². The summed E-state index contributed by atoms with van der Waals surface area (Å²) in [6.45, 7) is 10.9. The third-order valence-corrected chi connectivity index (χ3v) is 4.06. The number of halogens is 1. The third kappa shape index (κ3) is 4.06. The van der Waals surface area contributed by atoms with Crippen LogP contribution < -0.4 is 5.73 Å². The van der Waals surface area contributed by atoms with E-state index in [1.807, 2.05) is 39.3 Å². The average Bonchev–Trinajstić information content (AvgIpc) is 2.65. The molecular formula is C15H26ClN3O. The second kappa shape index (κ2) is 6.72. The summed E-state index contributed by atoms with van der Waals surface area (Å²) in [4.78, 5) is 12.2. The van der Waals surface area contributed by atoms with Crippen LogP contribution in [0.2, 0.25) is 5.02 Å². The Labute approximate surface area is 126 Å². The van der Waals surface area contributed by atoms with Gasteiger partial charge in [-0.2, -0.15) is 5.10 Å². The fraction of sp³-hybridized carbons (Fsp3) is 0.733. The predicted octanol–water partition coefficient (Wildman–Crippen LogP) is 2.99. The van der Waals surface area contributed by atoms with Gasteiger partial charge in [0.1, 0.15) is 5.78 Å². The van der Waals surface area contributed by atoms with Crippen molar-refractivity contribution in [3.63, 3.8) is 0 Å². The molecule has 0 aliphatic rings. The van der Waals surface area contributed by atoms with Crippen LogP contribution in [0.1, 0.15) is 52.4 Å². The number of aryl methyl sites for hydroxylation is 2. The predicted molar refractivity (Wildman–Crippen MR) is 83.0 cm³/mol. The number of ketones is 1. The molecule has 0 bridgehead atoms. The van der Waals surface area contributed by atoms with Crippen molar-refractivity contribution in [2.24, 2.45) is 11.1 Å². The average molecular weight is 300 g/mol. The Balaban J connectivity index is 2.83. The third-order valence-electron chi connectivity index (χ3n) is 3.62. The van der Waals surface area contributed by atoms with Crippen LogP contribution in [0.5, 0.6) is 0 Å². The highest BCUT2D eigenvalue weighted by Gasteiger charge is 2.24. The van der Waals surface area contributed by atoms with Crippen molar-refractivity contribution in [1.29, 1.82) is 0 Å². The van der Waals surface area contributed by atoms with Gasteiger partial charge in [-0.3, -0.25) is 9.48 Å². The summed E-state index contributed by atoms with van der Waals surface area (Å²) in [5, 5.41) is 5.06. The van der Waals surface area contributed by atoms with Gasteiger partial charge < -0.3 is 5.73 Å². The Kier molecular flexibility index (Phi) is 5.78. The molecule has 4 nitrogen and oxygen atoms in total. The number of carbonyl (C=O) groups is 1. The van der Waals surface area contributed by atoms with E-state index >= 15 is 0 Å². The van der Waals surface area contributed by atoms with Crippen molar-refractivity contribution in [2.75, 3.05) is 0 Å². The van der Waals surface area contributed by atoms with Crippen LogP contribution in [0.15, 0.2) is 0 Å². The lowest BCUT2D eigenvalue weighted by Crippen LogP contribution is -2.37. The van der Waals surface area contributed by atoms with Crippen molar-refractivity contribution in [2.45, 2.75) is 66.5 Å². The number of hydrogen-bond donors (Lipinski definition) is 1. The normalized spacial score (nSPS) is 13.6. The molecule has 0 fully saturated rings. The number of carbonyl (C=O) groups excluding carboxylic acids is 1. The summed E-state index contributed by atoms with van der Waals surface area (Å²) in [5.41, 5.74) is 7.67. The standard InChI is InChI=1S/C15H26ClN3O/c1-6-11-14(16)12(19(7-2)18-11)8-10(20)9-13(17)15(3,4)5/h13H,6-9,17H2,1-5H3. The van der Waals surface area contributed by atoms with Gasteiger partial charge in [-0.1, -0.05) is 39.3 Å². The first kappa shape index (κ1) is 17.2. The number of aromatic nitrogens is 2. The molecule has 0 aliphatic carbocycles. The topological polar surface area (TPSA) is 60.9 Å². The second-order valence-corrected chi connectivity index (χ2v) is 6.65. The Morgan fingerprint density at radius 1 is 1.40 bits per heavy atom. The van der Waals surface area contributed by atoms with Gasteiger partial charge in [0.05, 0.1) is 16.4 Å². The van der Waals surface area contributed by atoms with Gasteiger partial charge in [-0.05, 0) is 18.8 Å². The van der Waals surface area contributed by atoms with Crippen LogP contribution in [-0.4, -0.2) is 21.6 Å². The zero-order chi connectivity index (χ0) is 15.5. The lowest BCUT2D eigenvalue weighted by atomic mass is 9.84. The minimum absolute atomic E-state index is 0.0704. The van der Waals surface area contributed by atoms with Crippen LogP contribution >= 0.6 is 11.6 Å². The van der Waals surface area contributed by atoms with Crippen molar-refractivity contribution >= 4 is 17.4 Å². The van der Waals surface area contributed by atoms with Gasteiger partial charge >= 0.3 is 0 Å². The molecule has 20 heavy (non-hydrogen) atoms. The largest absolute Gasteiger partial charge is 0.327 e. The van der Waals surface area contributed by atoms with Crippen LogP contribution in [0, 0.1) is 5.41 Å². The van der Waals surface area contributed by atoms with Crippen LogP contribution in [0.25, 0.3) is 0 Å². The van der Waals surface area contributed by atoms with Gasteiger partial charge in [0, 0.05) is 25.4 Å². The number of rotatable bonds is 6. The molecular weight excluding hydrogens is 274 g/mol. The minimum atomic E-state index is -0.141. The summed E-state index contributed by atoms with van der Waals surface area (Å²) in [5.74, 6) is 0.117. The zero-order valence-electron chi connectivity index (χ0n) is 13.2. The summed E-state index contributed by atoms with van der Waals surface area (Å²) in [7, 11) is 0. The molecule has 1 heterocycles. The summed E-state index contributed by atoms with van der Waals surface area (Å²) < 4.78 is 1.82. The van der Waals surface area contributed by atoms with Gasteiger partial charge in [0.2, 0.25) is 0 Å². The van der Waals surface area contributed by atoms with E-state index in [-0.39, 0.29) is 17.2 Å². The first-order valence-corrected chi connectivity index (χ1v) is 7.59. The van der Waals surface area contributed by atoms with E-state index in [1.165, 1.54) is 0 Å². The summed E-state index contributed by atoms with van der Waals surface area (Å²) in [6, 6.07) is -0.141. The monoisotopic (exact) mass is 299 g/mol. The molecule has 114 valence electrons. The molecule has 5 heteroatoms. The molecule has 0 aromatic carbocycles. The molecule has 0 saturated heterocycles. The molecule has 0 saturated carbocycles. The number of nitrogens with two attached hydrogens (primary N) is 1. The highest BCUT2D eigenvalue weighted by Crippen LogP contribution is 2.24. The summed E-state index contributed by atoms with van der Waals surface area (Å²) >= 11 is 6.31. The van der Waals surface area contributed by atoms with E-state index < -0.39 is 0 Å². The second-order valence-electron chi connectivity index (χ2n) is 6.27. The van der Waals surface area contributed by atoms with Gasteiger partial charge in [0.15, 0.2) is 0 Å². The van der Waals surface area contributed by atoms with E-state index in [4.69, 9.17) is 17.3 Å². The zero-order valence-corrected chi connectivity index (χ0v) is 13.9. The highest BCUT2D eigenvalue weighted by molar-refractivity contribution is 6.32. The van der Waals surface area contributed by atoms with Crippen LogP contribution in [0.4, 0.5) is 0 Å². The van der Waals surface area contributed by atoms with Gasteiger partial charge in [0.25, 0.3) is 0 Å². The molecule has 1 rings (SSSR count). The van der Waals surface area contributed by atoms with E-state index in [9.17, 15) is 4.79 Å². The number of Topliss-reactive ketones (excluding diaryl/α,β-unsaturated/α-hetero) is 1. The Morgan fingerprint density at radius 2 is 2.00 bits per heavy atom. The Bertz CT molecular complexity index is 474. The first-order chi connectivity index (χ1) is 9.20. The molecule has 0 amide bonds. The smallest absolute Gasteiger partial charge is 0.140 e. The van der Waals surface area contributed by atoms with Crippen molar-refractivity contribution in [3.8, 4) is 0 Å². The Hall–Kier alpha value is -0.870. The molecule has 2 N–H and O–H groups in total. The van der Waals surface area contributed by atoms with Crippen LogP contribution in [-0.2, 0) is 24.2 Å². The van der Waals surface area contributed by atoms with E-state index in [2.05, 4.69) is 5.10 Å². The molecule has 0 spiro atoms. The van der Waals surface area contributed by atoms with Crippen molar-refractivity contribution < 1.29 is 4.79 Å². The van der Waals surface area contributed by atoms with Gasteiger partial charge in [-0.25, -0.2) is 0 Å². The molecule has 1 aromatic rings. The maximum absolute atomic E-state index is 12.2. The first-order valence-electron chi connectivity index (χ1n) is 7.22. The fourth-order valence-electron chi connectivity index (χ4n) is 2.00.